The van der Waals surface area contributed by atoms with Gasteiger partial charge in [0, 0.05) is 0 Å². The normalized spacial score (nSPS) is 10.2. The van der Waals surface area contributed by atoms with Crippen molar-refractivity contribution in [1.82, 2.24) is 4.98 Å². The number of benzene rings is 1. The van der Waals surface area contributed by atoms with Crippen LogP contribution in [0.25, 0.3) is 10.9 Å². The summed E-state index contributed by atoms with van der Waals surface area (Å²) >= 11 is 0. The number of nitrogens with zero attached hydrogens (tertiary/aromatic N) is 1. The van der Waals surface area contributed by atoms with Crippen molar-refractivity contribution < 1.29 is 9.21 Å². The zero-order valence-electron chi connectivity index (χ0n) is 6.56. The topological polar surface area (TPSA) is 60.2 Å². The number of hydrogen-bond donors (Lipinski definition) is 0. The first kappa shape index (κ1) is 7.67. The van der Waals surface area contributed by atoms with E-state index in [4.69, 9.17) is 0 Å². The second-order valence-electron chi connectivity index (χ2n) is 2.47. The molecule has 0 spiro atoms. The fraction of sp³-hybridized carbons (Fsp3) is 0. The Morgan fingerprint density at radius 1 is 1.31 bits per heavy atom. The molecule has 2 aromatic rings. The third-order valence-electron chi connectivity index (χ3n) is 1.65. The minimum absolute atomic E-state index is 0.191. The molecule has 0 atom stereocenters. The van der Waals surface area contributed by atoms with Gasteiger partial charge in [0.25, 0.3) is 5.89 Å². The van der Waals surface area contributed by atoms with Crippen molar-refractivity contribution in [2.45, 2.75) is 0 Å². The molecule has 4 nitrogen and oxygen atoms in total. The van der Waals surface area contributed by atoms with Crippen molar-refractivity contribution in [3.8, 4) is 0 Å². The second-order valence-corrected chi connectivity index (χ2v) is 2.47. The minimum Gasteiger partial charge on any atom is -0.400 e. The molecule has 0 aliphatic carbocycles. The van der Waals surface area contributed by atoms with Gasteiger partial charge in [-0.05, 0) is 12.1 Å². The lowest BCUT2D eigenvalue weighted by atomic mass is 10.2. The van der Waals surface area contributed by atoms with E-state index in [-0.39, 0.29) is 5.89 Å². The van der Waals surface area contributed by atoms with Gasteiger partial charge >= 0.3 is 5.63 Å². The summed E-state index contributed by atoms with van der Waals surface area (Å²) in [5, 5.41) is 0.383. The smallest absolute Gasteiger partial charge is 0.347 e. The monoisotopic (exact) mass is 175 g/mol. The van der Waals surface area contributed by atoms with Crippen LogP contribution in [0.5, 0.6) is 0 Å². The van der Waals surface area contributed by atoms with Gasteiger partial charge in [-0.1, -0.05) is 12.1 Å². The van der Waals surface area contributed by atoms with Gasteiger partial charge in [0.2, 0.25) is 6.29 Å². The van der Waals surface area contributed by atoms with Gasteiger partial charge in [-0.3, -0.25) is 4.79 Å². The van der Waals surface area contributed by atoms with E-state index in [1.54, 1.807) is 24.3 Å². The third-order valence-corrected chi connectivity index (χ3v) is 1.65. The molecule has 2 rings (SSSR count). The Hall–Kier alpha value is -1.97. The maximum Gasteiger partial charge on any atom is 0.347 e. The molecule has 0 bridgehead atoms. The molecule has 0 radical (unpaired) electrons. The quantitative estimate of drug-likeness (QED) is 0.606. The first-order valence-corrected chi connectivity index (χ1v) is 3.66. The highest BCUT2D eigenvalue weighted by atomic mass is 16.4. The van der Waals surface area contributed by atoms with Crippen LogP contribution in [0.1, 0.15) is 10.7 Å². The molecule has 0 saturated heterocycles. The molecule has 0 aliphatic rings. The van der Waals surface area contributed by atoms with Gasteiger partial charge in [0.1, 0.15) is 0 Å². The summed E-state index contributed by atoms with van der Waals surface area (Å²) in [6.45, 7) is 0. The van der Waals surface area contributed by atoms with Crippen LogP contribution in [0.4, 0.5) is 0 Å². The Bertz CT molecular complexity index is 515. The maximum atomic E-state index is 11.2. The summed E-state index contributed by atoms with van der Waals surface area (Å²) in [6.07, 6.45) is 0.411. The molecule has 0 amide bonds. The van der Waals surface area contributed by atoms with Gasteiger partial charge in [-0.2, -0.15) is 0 Å². The summed E-state index contributed by atoms with van der Waals surface area (Å²) < 4.78 is 4.60. The molecule has 0 unspecified atom stereocenters. The van der Waals surface area contributed by atoms with Crippen molar-refractivity contribution in [2.24, 2.45) is 0 Å². The van der Waals surface area contributed by atoms with Gasteiger partial charge in [0.15, 0.2) is 0 Å². The van der Waals surface area contributed by atoms with Crippen LogP contribution in [0.2, 0.25) is 0 Å². The molecule has 0 saturated carbocycles. The summed E-state index contributed by atoms with van der Waals surface area (Å²) in [5.41, 5.74) is -0.0615. The predicted octanol–water partition coefficient (Wildman–Crippen LogP) is 1.00. The SMILES string of the molecule is O=Cc1nc2ccccc2c(=O)o1. The number of carbonyl (C=O) groups excluding carboxylic acids is 1. The molecule has 0 N–H and O–H groups in total. The molecule has 64 valence electrons. The molecular formula is C9H5NO3. The summed E-state index contributed by atoms with van der Waals surface area (Å²) in [4.78, 5) is 25.3. The van der Waals surface area contributed by atoms with Gasteiger partial charge in [-0.25, -0.2) is 9.78 Å². The number of aromatic nitrogens is 1. The van der Waals surface area contributed by atoms with Crippen molar-refractivity contribution in [2.75, 3.05) is 0 Å². The predicted molar refractivity (Wildman–Crippen MR) is 45.7 cm³/mol. The molecule has 1 aromatic carbocycles. The number of hydrogen-bond acceptors (Lipinski definition) is 4. The fourth-order valence-corrected chi connectivity index (χ4v) is 1.09. The Labute approximate surface area is 72.8 Å². The number of carbonyl (C=O) groups is 1. The van der Waals surface area contributed by atoms with Crippen LogP contribution < -0.4 is 5.63 Å². The van der Waals surface area contributed by atoms with Crippen LogP contribution in [-0.4, -0.2) is 11.3 Å². The molecule has 1 aromatic heterocycles. The fourth-order valence-electron chi connectivity index (χ4n) is 1.09. The third kappa shape index (κ3) is 1.22. The van der Waals surface area contributed by atoms with E-state index in [9.17, 15) is 9.59 Å². The highest BCUT2D eigenvalue weighted by Crippen LogP contribution is 2.05. The lowest BCUT2D eigenvalue weighted by molar-refractivity contribution is 0.109. The van der Waals surface area contributed by atoms with E-state index in [0.29, 0.717) is 17.2 Å². The summed E-state index contributed by atoms with van der Waals surface area (Å²) in [5.74, 6) is -0.191. The Morgan fingerprint density at radius 3 is 2.85 bits per heavy atom. The summed E-state index contributed by atoms with van der Waals surface area (Å²) in [6, 6.07) is 6.70. The zero-order chi connectivity index (χ0) is 9.26. The van der Waals surface area contributed by atoms with E-state index in [0.717, 1.165) is 0 Å². The molecule has 13 heavy (non-hydrogen) atoms. The zero-order valence-corrected chi connectivity index (χ0v) is 6.56. The van der Waals surface area contributed by atoms with Crippen LogP contribution in [0.15, 0.2) is 33.5 Å². The number of para-hydroxylation sites is 1. The van der Waals surface area contributed by atoms with Crippen LogP contribution >= 0.6 is 0 Å². The maximum absolute atomic E-state index is 11.2. The van der Waals surface area contributed by atoms with Crippen molar-refractivity contribution in [3.05, 3.63) is 40.6 Å². The van der Waals surface area contributed by atoms with E-state index >= 15 is 0 Å². The average Bonchev–Trinajstić information content (AvgIpc) is 2.18. The van der Waals surface area contributed by atoms with Gasteiger partial charge < -0.3 is 4.42 Å². The lowest BCUT2D eigenvalue weighted by Gasteiger charge is -1.93. The van der Waals surface area contributed by atoms with Crippen LogP contribution in [0.3, 0.4) is 0 Å². The Kier molecular flexibility index (Phi) is 1.66. The highest BCUT2D eigenvalue weighted by molar-refractivity contribution is 5.79. The Balaban J connectivity index is 2.92. The van der Waals surface area contributed by atoms with E-state index < -0.39 is 5.63 Å². The van der Waals surface area contributed by atoms with E-state index in [2.05, 4.69) is 9.40 Å². The second kappa shape index (κ2) is 2.82. The van der Waals surface area contributed by atoms with E-state index in [1.165, 1.54) is 0 Å². The van der Waals surface area contributed by atoms with Crippen LogP contribution in [0, 0.1) is 0 Å². The molecule has 0 aliphatic heterocycles. The van der Waals surface area contributed by atoms with Crippen LogP contribution in [-0.2, 0) is 0 Å². The lowest BCUT2D eigenvalue weighted by Crippen LogP contribution is -2.03. The summed E-state index contributed by atoms with van der Waals surface area (Å²) in [7, 11) is 0. The first-order valence-electron chi connectivity index (χ1n) is 3.66. The number of aldehydes is 1. The van der Waals surface area contributed by atoms with Gasteiger partial charge in [-0.15, -0.1) is 0 Å². The molecule has 1 heterocycles. The molecular weight excluding hydrogens is 170 g/mol. The van der Waals surface area contributed by atoms with Crippen molar-refractivity contribution >= 4 is 17.2 Å². The van der Waals surface area contributed by atoms with Crippen molar-refractivity contribution in [3.63, 3.8) is 0 Å². The number of rotatable bonds is 1. The van der Waals surface area contributed by atoms with Gasteiger partial charge in [0.05, 0.1) is 10.9 Å². The first-order chi connectivity index (χ1) is 6.31. The largest absolute Gasteiger partial charge is 0.400 e. The standard InChI is InChI=1S/C9H5NO3/c11-5-8-10-7-4-2-1-3-6(7)9(12)13-8/h1-5H. The molecule has 4 heteroatoms. The van der Waals surface area contributed by atoms with Crippen molar-refractivity contribution in [1.29, 1.82) is 0 Å². The minimum atomic E-state index is -0.535. The average molecular weight is 175 g/mol. The molecule has 0 fully saturated rings. The highest BCUT2D eigenvalue weighted by Gasteiger charge is 2.03. The van der Waals surface area contributed by atoms with E-state index in [1.807, 2.05) is 0 Å². The number of fused-ring (bicyclic) bond motifs is 1. The Morgan fingerprint density at radius 2 is 2.08 bits per heavy atom.